The first-order chi connectivity index (χ1) is 9.36. The molecule has 1 heterocycles. The second-order valence-corrected chi connectivity index (χ2v) is 4.53. The van der Waals surface area contributed by atoms with Crippen LogP contribution in [0.15, 0.2) is 17.4 Å². The van der Waals surface area contributed by atoms with Crippen molar-refractivity contribution in [1.29, 1.82) is 0 Å². The highest BCUT2D eigenvalue weighted by atomic mass is 16.6. The lowest BCUT2D eigenvalue weighted by atomic mass is 10.2. The van der Waals surface area contributed by atoms with E-state index < -0.39 is 4.92 Å². The molecule has 9 nitrogen and oxygen atoms in total. The first-order valence-electron chi connectivity index (χ1n) is 5.85. The quantitative estimate of drug-likeness (QED) is 0.249. The van der Waals surface area contributed by atoms with E-state index in [-0.39, 0.29) is 17.1 Å². The summed E-state index contributed by atoms with van der Waals surface area (Å²) in [6.07, 6.45) is 1.15. The van der Waals surface area contributed by atoms with Gasteiger partial charge >= 0.3 is 0 Å². The molecule has 0 radical (unpaired) electrons. The predicted octanol–water partition coefficient (Wildman–Crippen LogP) is 0.0821. The Bertz CT molecular complexity index is 517. The maximum atomic E-state index is 10.8. The van der Waals surface area contributed by atoms with Crippen molar-refractivity contribution in [2.75, 3.05) is 39.1 Å². The standard InChI is InChI=1S/C11H18N6O3/c1-15(2)4-5-16(3)11-9(10(12)14-18)6-8(7-13-11)17(19)20/h6-7,18H,4-5H2,1-3H3,(H2,12,14). The fraction of sp³-hybridized carbons (Fsp3) is 0.455. The Morgan fingerprint density at radius 3 is 2.65 bits per heavy atom. The Hall–Kier alpha value is -2.42. The van der Waals surface area contributed by atoms with E-state index in [4.69, 9.17) is 10.9 Å². The van der Waals surface area contributed by atoms with E-state index in [1.165, 1.54) is 6.07 Å². The number of amidine groups is 1. The summed E-state index contributed by atoms with van der Waals surface area (Å²) in [6, 6.07) is 1.24. The van der Waals surface area contributed by atoms with Crippen molar-refractivity contribution in [2.45, 2.75) is 0 Å². The Labute approximate surface area is 116 Å². The lowest BCUT2D eigenvalue weighted by molar-refractivity contribution is -0.385. The number of likely N-dealkylation sites (N-methyl/N-ethyl adjacent to an activating group) is 2. The third kappa shape index (κ3) is 3.79. The highest BCUT2D eigenvalue weighted by Crippen LogP contribution is 2.21. The van der Waals surface area contributed by atoms with Gasteiger partial charge < -0.3 is 20.7 Å². The van der Waals surface area contributed by atoms with Crippen LogP contribution in [-0.2, 0) is 0 Å². The maximum absolute atomic E-state index is 10.8. The van der Waals surface area contributed by atoms with Crippen molar-refractivity contribution in [3.05, 3.63) is 27.9 Å². The number of aromatic nitrogens is 1. The second-order valence-electron chi connectivity index (χ2n) is 4.53. The lowest BCUT2D eigenvalue weighted by Crippen LogP contribution is -2.31. The predicted molar refractivity (Wildman–Crippen MR) is 75.2 cm³/mol. The molecular weight excluding hydrogens is 264 g/mol. The van der Waals surface area contributed by atoms with Crippen LogP contribution < -0.4 is 10.6 Å². The van der Waals surface area contributed by atoms with Gasteiger partial charge in [0.1, 0.15) is 12.0 Å². The summed E-state index contributed by atoms with van der Waals surface area (Å²) in [5.41, 5.74) is 5.57. The van der Waals surface area contributed by atoms with Gasteiger partial charge in [-0.2, -0.15) is 0 Å². The van der Waals surface area contributed by atoms with Crippen LogP contribution in [0, 0.1) is 10.1 Å². The average Bonchev–Trinajstić information content (AvgIpc) is 2.42. The zero-order valence-electron chi connectivity index (χ0n) is 11.6. The fourth-order valence-electron chi connectivity index (χ4n) is 1.55. The summed E-state index contributed by atoms with van der Waals surface area (Å²) in [5.74, 6) is 0.209. The van der Waals surface area contributed by atoms with E-state index in [1.54, 1.807) is 11.9 Å². The smallest absolute Gasteiger partial charge is 0.288 e. The van der Waals surface area contributed by atoms with Crippen molar-refractivity contribution in [1.82, 2.24) is 9.88 Å². The number of hydrogen-bond acceptors (Lipinski definition) is 7. The number of nitro groups is 1. The minimum Gasteiger partial charge on any atom is -0.409 e. The molecule has 0 atom stereocenters. The monoisotopic (exact) mass is 282 g/mol. The van der Waals surface area contributed by atoms with Crippen molar-refractivity contribution in [3.63, 3.8) is 0 Å². The second kappa shape index (κ2) is 6.66. The molecule has 0 spiro atoms. The number of nitrogens with two attached hydrogens (primary N) is 1. The minimum absolute atomic E-state index is 0.212. The van der Waals surface area contributed by atoms with Crippen LogP contribution in [0.3, 0.4) is 0 Å². The van der Waals surface area contributed by atoms with Crippen LogP contribution in [0.5, 0.6) is 0 Å². The highest BCUT2D eigenvalue weighted by Gasteiger charge is 2.18. The molecule has 0 saturated carbocycles. The molecule has 1 rings (SSSR count). The Morgan fingerprint density at radius 1 is 1.50 bits per heavy atom. The van der Waals surface area contributed by atoms with Gasteiger partial charge in [-0.1, -0.05) is 5.16 Å². The fourth-order valence-corrected chi connectivity index (χ4v) is 1.55. The van der Waals surface area contributed by atoms with Crippen LogP contribution in [0.2, 0.25) is 0 Å². The lowest BCUT2D eigenvalue weighted by Gasteiger charge is -2.22. The molecular formula is C11H18N6O3. The number of rotatable bonds is 6. The topological polar surface area (TPSA) is 121 Å². The average molecular weight is 282 g/mol. The van der Waals surface area contributed by atoms with Gasteiger partial charge in [-0.25, -0.2) is 4.98 Å². The van der Waals surface area contributed by atoms with Crippen LogP contribution in [-0.4, -0.2) is 60.1 Å². The molecule has 0 saturated heterocycles. The summed E-state index contributed by atoms with van der Waals surface area (Å²) >= 11 is 0. The van der Waals surface area contributed by atoms with Gasteiger partial charge in [-0.05, 0) is 14.1 Å². The van der Waals surface area contributed by atoms with Gasteiger partial charge in [-0.3, -0.25) is 10.1 Å². The molecule has 0 aromatic carbocycles. The van der Waals surface area contributed by atoms with E-state index >= 15 is 0 Å². The van der Waals surface area contributed by atoms with Crippen molar-refractivity contribution in [3.8, 4) is 0 Å². The Morgan fingerprint density at radius 2 is 2.15 bits per heavy atom. The van der Waals surface area contributed by atoms with Gasteiger partial charge in [0.05, 0.1) is 10.5 Å². The summed E-state index contributed by atoms with van der Waals surface area (Å²) in [6.45, 7) is 1.41. The Balaban J connectivity index is 3.14. The molecule has 0 aliphatic heterocycles. The van der Waals surface area contributed by atoms with E-state index in [1.807, 2.05) is 19.0 Å². The van der Waals surface area contributed by atoms with Crippen LogP contribution in [0.25, 0.3) is 0 Å². The third-order valence-electron chi connectivity index (χ3n) is 2.69. The molecule has 0 unspecified atom stereocenters. The van der Waals surface area contributed by atoms with Gasteiger partial charge in [-0.15, -0.1) is 0 Å². The first-order valence-corrected chi connectivity index (χ1v) is 5.85. The first kappa shape index (κ1) is 15.6. The van der Waals surface area contributed by atoms with E-state index in [9.17, 15) is 10.1 Å². The number of nitrogens with zero attached hydrogens (tertiary/aromatic N) is 5. The molecule has 3 N–H and O–H groups in total. The number of pyridine rings is 1. The van der Waals surface area contributed by atoms with Crippen LogP contribution in [0.1, 0.15) is 5.56 Å². The van der Waals surface area contributed by atoms with Crippen molar-refractivity contribution in [2.24, 2.45) is 10.9 Å². The molecule has 0 bridgehead atoms. The minimum atomic E-state index is -0.579. The number of hydrogen-bond donors (Lipinski definition) is 2. The summed E-state index contributed by atoms with van der Waals surface area (Å²) in [7, 11) is 5.65. The van der Waals surface area contributed by atoms with Crippen LogP contribution >= 0.6 is 0 Å². The maximum Gasteiger partial charge on any atom is 0.288 e. The largest absolute Gasteiger partial charge is 0.409 e. The Kier molecular flexibility index (Phi) is 5.21. The highest BCUT2D eigenvalue weighted by molar-refractivity contribution is 6.01. The van der Waals surface area contributed by atoms with Gasteiger partial charge in [0.2, 0.25) is 0 Å². The molecule has 1 aromatic heterocycles. The molecule has 0 aliphatic carbocycles. The molecule has 1 aromatic rings. The molecule has 9 heteroatoms. The third-order valence-corrected chi connectivity index (χ3v) is 2.69. The van der Waals surface area contributed by atoms with E-state index in [0.717, 1.165) is 12.7 Å². The molecule has 0 fully saturated rings. The SMILES string of the molecule is CN(C)CCN(C)c1ncc([N+](=O)[O-])cc1C(N)=NO. The zero-order valence-corrected chi connectivity index (χ0v) is 11.6. The molecule has 0 aliphatic rings. The summed E-state index contributed by atoms with van der Waals surface area (Å²) in [5, 5.41) is 22.4. The van der Waals surface area contributed by atoms with E-state index in [0.29, 0.717) is 12.4 Å². The van der Waals surface area contributed by atoms with Crippen molar-refractivity contribution >= 4 is 17.3 Å². The van der Waals surface area contributed by atoms with Gasteiger partial charge in [0.25, 0.3) is 5.69 Å². The van der Waals surface area contributed by atoms with E-state index in [2.05, 4.69) is 10.1 Å². The molecule has 0 amide bonds. The normalized spacial score (nSPS) is 11.7. The molecule has 110 valence electrons. The number of anilines is 1. The summed E-state index contributed by atoms with van der Waals surface area (Å²) in [4.78, 5) is 18.0. The number of oxime groups is 1. The molecule has 20 heavy (non-hydrogen) atoms. The van der Waals surface area contributed by atoms with Gasteiger partial charge in [0.15, 0.2) is 5.84 Å². The van der Waals surface area contributed by atoms with Gasteiger partial charge in [0, 0.05) is 26.2 Å². The van der Waals surface area contributed by atoms with Crippen LogP contribution in [0.4, 0.5) is 11.5 Å². The zero-order chi connectivity index (χ0) is 15.3. The summed E-state index contributed by atoms with van der Waals surface area (Å²) < 4.78 is 0. The van der Waals surface area contributed by atoms with Crippen molar-refractivity contribution < 1.29 is 10.1 Å².